The average Bonchev–Trinajstić information content (AvgIpc) is 2.91. The average molecular weight is 322 g/mol. The van der Waals surface area contributed by atoms with Crippen LogP contribution >= 0.6 is 0 Å². The van der Waals surface area contributed by atoms with Crippen molar-refractivity contribution in [3.63, 3.8) is 0 Å². The molecule has 0 saturated carbocycles. The Morgan fingerprint density at radius 1 is 0.957 bits per heavy atom. The van der Waals surface area contributed by atoms with Crippen molar-refractivity contribution in [3.05, 3.63) is 29.7 Å². The fourth-order valence-electron chi connectivity index (χ4n) is 2.31. The molecule has 3 rings (SSSR count). The molecule has 1 aromatic carbocycles. The van der Waals surface area contributed by atoms with Gasteiger partial charge < -0.3 is 13.7 Å². The Hall–Kier alpha value is -1.80. The van der Waals surface area contributed by atoms with Crippen molar-refractivity contribution in [2.45, 2.75) is 45.8 Å². The first kappa shape index (κ1) is 16.1. The third-order valence-corrected chi connectivity index (χ3v) is 4.33. The summed E-state index contributed by atoms with van der Waals surface area (Å²) in [5.41, 5.74) is -1.27. The van der Waals surface area contributed by atoms with Crippen molar-refractivity contribution in [1.82, 2.24) is 10.2 Å². The minimum atomic E-state index is -0.845. The molecule has 2 heterocycles. The topological polar surface area (TPSA) is 57.4 Å². The van der Waals surface area contributed by atoms with E-state index >= 15 is 0 Å². The third-order valence-electron chi connectivity index (χ3n) is 4.33. The van der Waals surface area contributed by atoms with Crippen LogP contribution in [0.5, 0.6) is 0 Å². The first-order valence-corrected chi connectivity index (χ1v) is 7.26. The van der Waals surface area contributed by atoms with Crippen molar-refractivity contribution in [3.8, 4) is 11.5 Å². The van der Waals surface area contributed by atoms with Crippen LogP contribution in [-0.4, -0.2) is 28.5 Å². The molecule has 8 heteroatoms. The molecule has 1 fully saturated rings. The van der Waals surface area contributed by atoms with Crippen molar-refractivity contribution < 1.29 is 22.5 Å². The Morgan fingerprint density at radius 2 is 1.48 bits per heavy atom. The lowest BCUT2D eigenvalue weighted by molar-refractivity contribution is 0.00578. The maximum atomic E-state index is 14.4. The Morgan fingerprint density at radius 3 is 1.91 bits per heavy atom. The molecule has 0 amide bonds. The normalized spacial score (nSPS) is 19.3. The van der Waals surface area contributed by atoms with Gasteiger partial charge in [-0.1, -0.05) is 0 Å². The van der Waals surface area contributed by atoms with Gasteiger partial charge >= 0.3 is 7.12 Å². The number of hydrogen-bond acceptors (Lipinski definition) is 5. The number of rotatable bonds is 2. The van der Waals surface area contributed by atoms with Crippen molar-refractivity contribution >= 4 is 12.6 Å². The van der Waals surface area contributed by atoms with Gasteiger partial charge in [0.05, 0.1) is 11.2 Å². The predicted octanol–water partition coefficient (Wildman–Crippen LogP) is 2.62. The van der Waals surface area contributed by atoms with E-state index in [2.05, 4.69) is 10.2 Å². The zero-order valence-corrected chi connectivity index (χ0v) is 13.6. The molecule has 23 heavy (non-hydrogen) atoms. The maximum Gasteiger partial charge on any atom is 0.495 e. The predicted molar refractivity (Wildman–Crippen MR) is 80.1 cm³/mol. The summed E-state index contributed by atoms with van der Waals surface area (Å²) in [6, 6.07) is 2.33. The van der Waals surface area contributed by atoms with E-state index in [1.807, 2.05) is 27.7 Å². The molecule has 0 aliphatic carbocycles. The summed E-state index contributed by atoms with van der Waals surface area (Å²) in [5.74, 6) is -1.58. The smallest absolute Gasteiger partial charge is 0.421 e. The van der Waals surface area contributed by atoms with E-state index in [-0.39, 0.29) is 22.8 Å². The molecule has 0 bridgehead atoms. The summed E-state index contributed by atoms with van der Waals surface area (Å²) >= 11 is 0. The number of aromatic nitrogens is 2. The molecule has 0 radical (unpaired) electrons. The van der Waals surface area contributed by atoms with Gasteiger partial charge in [-0.3, -0.25) is 0 Å². The molecular formula is C15H17BF2N2O3. The number of hydrogen-bond donors (Lipinski definition) is 0. The molecule has 2 aromatic rings. The number of nitrogens with zero attached hydrogens (tertiary/aromatic N) is 2. The summed E-state index contributed by atoms with van der Waals surface area (Å²) in [6.45, 7) is 9.03. The minimum absolute atomic E-state index is 0.196. The lowest BCUT2D eigenvalue weighted by atomic mass is 9.78. The van der Waals surface area contributed by atoms with Gasteiger partial charge in [-0.15, -0.1) is 10.2 Å². The zero-order chi connectivity index (χ0) is 17.0. The molecule has 1 aliphatic heterocycles. The van der Waals surface area contributed by atoms with Gasteiger partial charge in [0.15, 0.2) is 0 Å². The van der Waals surface area contributed by atoms with Crippen LogP contribution in [0.4, 0.5) is 8.78 Å². The van der Waals surface area contributed by atoms with E-state index in [0.29, 0.717) is 0 Å². The minimum Gasteiger partial charge on any atom is -0.421 e. The molecule has 1 aliphatic rings. The number of benzene rings is 1. The van der Waals surface area contributed by atoms with E-state index < -0.39 is 30.0 Å². The Kier molecular flexibility index (Phi) is 3.57. The first-order valence-electron chi connectivity index (χ1n) is 7.26. The Labute approximate surface area is 133 Å². The second kappa shape index (κ2) is 5.11. The van der Waals surface area contributed by atoms with Crippen LogP contribution in [0.1, 0.15) is 33.6 Å². The van der Waals surface area contributed by atoms with Crippen LogP contribution in [0, 0.1) is 18.6 Å². The van der Waals surface area contributed by atoms with E-state index in [1.54, 1.807) is 6.92 Å². The van der Waals surface area contributed by atoms with Crippen LogP contribution in [0.25, 0.3) is 11.5 Å². The van der Waals surface area contributed by atoms with Gasteiger partial charge in [0.1, 0.15) is 17.2 Å². The number of halogens is 2. The fourth-order valence-corrected chi connectivity index (χ4v) is 2.31. The summed E-state index contributed by atoms with van der Waals surface area (Å²) in [6.07, 6.45) is 0. The summed E-state index contributed by atoms with van der Waals surface area (Å²) < 4.78 is 45.4. The van der Waals surface area contributed by atoms with Crippen molar-refractivity contribution in [2.75, 3.05) is 0 Å². The Bertz CT molecular complexity index is 722. The number of aryl methyl sites for hydroxylation is 1. The van der Waals surface area contributed by atoms with Crippen LogP contribution in [-0.2, 0) is 9.31 Å². The highest BCUT2D eigenvalue weighted by Crippen LogP contribution is 2.37. The lowest BCUT2D eigenvalue weighted by Gasteiger charge is -2.32. The SMILES string of the molecule is Cc1nnc(-c2c(F)cc(B3OC(C)(C)C(C)(C)O3)cc2F)o1. The molecule has 0 atom stereocenters. The molecule has 0 unspecified atom stereocenters. The standard InChI is InChI=1S/C15H17BF2N2O3/c1-8-19-20-13(21-8)12-10(17)6-9(7-11(12)18)16-22-14(2,3)15(4,5)23-16/h6-7H,1-5H3. The Balaban J connectivity index is 1.98. The molecule has 122 valence electrons. The highest BCUT2D eigenvalue weighted by Gasteiger charge is 2.52. The lowest BCUT2D eigenvalue weighted by Crippen LogP contribution is -2.41. The molecule has 5 nitrogen and oxygen atoms in total. The highest BCUT2D eigenvalue weighted by molar-refractivity contribution is 6.62. The van der Waals surface area contributed by atoms with Crippen LogP contribution < -0.4 is 5.46 Å². The van der Waals surface area contributed by atoms with E-state index in [9.17, 15) is 8.78 Å². The summed E-state index contributed by atoms with van der Waals surface area (Å²) in [7, 11) is -0.845. The summed E-state index contributed by atoms with van der Waals surface area (Å²) in [5, 5.41) is 7.24. The van der Waals surface area contributed by atoms with Gasteiger partial charge in [-0.2, -0.15) is 0 Å². The molecule has 1 aromatic heterocycles. The third kappa shape index (κ3) is 2.66. The van der Waals surface area contributed by atoms with Crippen molar-refractivity contribution in [2.24, 2.45) is 0 Å². The maximum absolute atomic E-state index is 14.4. The summed E-state index contributed by atoms with van der Waals surface area (Å²) in [4.78, 5) is 0. The zero-order valence-electron chi connectivity index (χ0n) is 13.6. The molecular weight excluding hydrogens is 305 g/mol. The molecule has 1 saturated heterocycles. The van der Waals surface area contributed by atoms with E-state index in [1.165, 1.54) is 12.1 Å². The van der Waals surface area contributed by atoms with Gasteiger partial charge in [0, 0.05) is 6.92 Å². The van der Waals surface area contributed by atoms with Gasteiger partial charge in [0.25, 0.3) is 5.89 Å². The van der Waals surface area contributed by atoms with Crippen LogP contribution in [0.3, 0.4) is 0 Å². The van der Waals surface area contributed by atoms with Crippen molar-refractivity contribution in [1.29, 1.82) is 0 Å². The second-order valence-electron chi connectivity index (χ2n) is 6.57. The van der Waals surface area contributed by atoms with E-state index in [0.717, 1.165) is 0 Å². The monoisotopic (exact) mass is 322 g/mol. The quantitative estimate of drug-likeness (QED) is 0.796. The highest BCUT2D eigenvalue weighted by atomic mass is 19.1. The van der Waals surface area contributed by atoms with Gasteiger partial charge in [-0.05, 0) is 45.3 Å². The second-order valence-corrected chi connectivity index (χ2v) is 6.57. The van der Waals surface area contributed by atoms with Crippen LogP contribution in [0.15, 0.2) is 16.5 Å². The fraction of sp³-hybridized carbons (Fsp3) is 0.467. The largest absolute Gasteiger partial charge is 0.495 e. The first-order chi connectivity index (χ1) is 10.6. The van der Waals surface area contributed by atoms with Gasteiger partial charge in [0.2, 0.25) is 5.89 Å². The van der Waals surface area contributed by atoms with E-state index in [4.69, 9.17) is 13.7 Å². The van der Waals surface area contributed by atoms with Gasteiger partial charge in [-0.25, -0.2) is 8.78 Å². The molecule has 0 N–H and O–H groups in total. The molecule has 0 spiro atoms. The van der Waals surface area contributed by atoms with Crippen LogP contribution in [0.2, 0.25) is 0 Å².